The Morgan fingerprint density at radius 2 is 2.06 bits per heavy atom. The average Bonchev–Trinajstić information content (AvgIpc) is 2.16. The van der Waals surface area contributed by atoms with E-state index >= 15 is 0 Å². The van der Waals surface area contributed by atoms with Crippen molar-refractivity contribution < 1.29 is 23.1 Å². The lowest BCUT2D eigenvalue weighted by Gasteiger charge is -2.10. The first kappa shape index (κ1) is 12.5. The van der Waals surface area contributed by atoms with E-state index in [-0.39, 0.29) is 12.1 Å². The van der Waals surface area contributed by atoms with Crippen molar-refractivity contribution >= 4 is 5.78 Å². The van der Waals surface area contributed by atoms with Gasteiger partial charge >= 0.3 is 6.18 Å². The summed E-state index contributed by atoms with van der Waals surface area (Å²) in [4.78, 5) is 11.3. The SMILES string of the molecule is CNCC(=O)c1ccc(O)c(C(F)(F)F)c1. The third-order valence-corrected chi connectivity index (χ3v) is 1.96. The van der Waals surface area contributed by atoms with Crippen LogP contribution in [0.3, 0.4) is 0 Å². The summed E-state index contributed by atoms with van der Waals surface area (Å²) in [5.41, 5.74) is -1.28. The Bertz CT molecular complexity index is 402. The minimum absolute atomic E-state index is 0.0535. The van der Waals surface area contributed by atoms with Crippen molar-refractivity contribution in [1.29, 1.82) is 0 Å². The standard InChI is InChI=1S/C10H10F3NO2/c1-14-5-9(16)6-2-3-8(15)7(4-6)10(11,12)13/h2-4,14-15H,5H2,1H3. The van der Waals surface area contributed by atoms with Gasteiger partial charge in [-0.1, -0.05) is 0 Å². The summed E-state index contributed by atoms with van der Waals surface area (Å²) >= 11 is 0. The number of ketones is 1. The second kappa shape index (κ2) is 4.52. The lowest BCUT2D eigenvalue weighted by atomic mass is 10.1. The van der Waals surface area contributed by atoms with Gasteiger partial charge in [0, 0.05) is 5.56 Å². The van der Waals surface area contributed by atoms with E-state index in [4.69, 9.17) is 5.11 Å². The lowest BCUT2D eigenvalue weighted by molar-refractivity contribution is -0.138. The lowest BCUT2D eigenvalue weighted by Crippen LogP contribution is -2.19. The molecule has 6 heteroatoms. The quantitative estimate of drug-likeness (QED) is 0.783. The largest absolute Gasteiger partial charge is 0.507 e. The van der Waals surface area contributed by atoms with E-state index < -0.39 is 23.3 Å². The fourth-order valence-electron chi connectivity index (χ4n) is 1.20. The van der Waals surface area contributed by atoms with Gasteiger partial charge in [-0.25, -0.2) is 0 Å². The Balaban J connectivity index is 3.13. The number of halogens is 3. The molecule has 0 aliphatic heterocycles. The third kappa shape index (κ3) is 2.73. The van der Waals surface area contributed by atoms with Crippen LogP contribution in [0.15, 0.2) is 18.2 Å². The van der Waals surface area contributed by atoms with Gasteiger partial charge in [0.05, 0.1) is 12.1 Å². The summed E-state index contributed by atoms with van der Waals surface area (Å²) in [5.74, 6) is -1.35. The molecule has 0 aromatic heterocycles. The normalized spacial score (nSPS) is 11.5. The van der Waals surface area contributed by atoms with Crippen LogP contribution in [-0.2, 0) is 6.18 Å². The number of rotatable bonds is 3. The van der Waals surface area contributed by atoms with E-state index in [0.29, 0.717) is 6.07 Å². The number of carbonyl (C=O) groups is 1. The fraction of sp³-hybridized carbons (Fsp3) is 0.300. The van der Waals surface area contributed by atoms with Crippen LogP contribution in [-0.4, -0.2) is 24.5 Å². The van der Waals surface area contributed by atoms with Crippen LogP contribution < -0.4 is 5.32 Å². The van der Waals surface area contributed by atoms with Crippen molar-refractivity contribution in [2.45, 2.75) is 6.18 Å². The number of likely N-dealkylation sites (N-methyl/N-ethyl adjacent to an activating group) is 1. The van der Waals surface area contributed by atoms with Crippen LogP contribution in [0, 0.1) is 0 Å². The van der Waals surface area contributed by atoms with Crippen LogP contribution in [0.1, 0.15) is 15.9 Å². The zero-order valence-corrected chi connectivity index (χ0v) is 8.43. The summed E-state index contributed by atoms with van der Waals surface area (Å²) in [6, 6.07) is 2.67. The minimum Gasteiger partial charge on any atom is -0.507 e. The molecule has 0 amide bonds. The molecule has 1 aromatic carbocycles. The molecule has 0 aliphatic rings. The smallest absolute Gasteiger partial charge is 0.419 e. The molecule has 1 aromatic rings. The van der Waals surface area contributed by atoms with Gasteiger partial charge in [-0.05, 0) is 25.2 Å². The average molecular weight is 233 g/mol. The van der Waals surface area contributed by atoms with Gasteiger partial charge in [0.2, 0.25) is 0 Å². The number of hydrogen-bond acceptors (Lipinski definition) is 3. The molecule has 0 saturated heterocycles. The molecule has 1 rings (SSSR count). The highest BCUT2D eigenvalue weighted by atomic mass is 19.4. The Hall–Kier alpha value is -1.56. The first-order valence-corrected chi connectivity index (χ1v) is 4.44. The third-order valence-electron chi connectivity index (χ3n) is 1.96. The molecule has 0 unspecified atom stereocenters. The number of Topliss-reactive ketones (excluding diaryl/α,β-unsaturated/α-hetero) is 1. The minimum atomic E-state index is -4.67. The van der Waals surface area contributed by atoms with Crippen molar-refractivity contribution in [3.63, 3.8) is 0 Å². The van der Waals surface area contributed by atoms with Crippen molar-refractivity contribution in [3.8, 4) is 5.75 Å². The Kier molecular flexibility index (Phi) is 3.54. The first-order chi connectivity index (χ1) is 7.36. The van der Waals surface area contributed by atoms with Crippen molar-refractivity contribution in [3.05, 3.63) is 29.3 Å². The van der Waals surface area contributed by atoms with E-state index in [2.05, 4.69) is 5.32 Å². The molecular formula is C10H10F3NO2. The zero-order valence-electron chi connectivity index (χ0n) is 8.43. The topological polar surface area (TPSA) is 49.3 Å². The van der Waals surface area contributed by atoms with E-state index in [1.165, 1.54) is 7.05 Å². The number of carbonyl (C=O) groups excluding carboxylic acids is 1. The molecule has 16 heavy (non-hydrogen) atoms. The molecule has 0 fully saturated rings. The monoisotopic (exact) mass is 233 g/mol. The van der Waals surface area contributed by atoms with Crippen LogP contribution in [0.4, 0.5) is 13.2 Å². The number of aromatic hydroxyl groups is 1. The molecule has 3 nitrogen and oxygen atoms in total. The van der Waals surface area contributed by atoms with Gasteiger partial charge in [-0.2, -0.15) is 13.2 Å². The molecule has 88 valence electrons. The second-order valence-corrected chi connectivity index (χ2v) is 3.18. The number of hydrogen-bond donors (Lipinski definition) is 2. The van der Waals surface area contributed by atoms with E-state index in [1.807, 2.05) is 0 Å². The zero-order chi connectivity index (χ0) is 12.3. The van der Waals surface area contributed by atoms with Crippen molar-refractivity contribution in [2.75, 3.05) is 13.6 Å². The first-order valence-electron chi connectivity index (χ1n) is 4.44. The van der Waals surface area contributed by atoms with Gasteiger partial charge in [0.1, 0.15) is 5.75 Å². The molecular weight excluding hydrogens is 223 g/mol. The van der Waals surface area contributed by atoms with E-state index in [9.17, 15) is 18.0 Å². The fourth-order valence-corrected chi connectivity index (χ4v) is 1.20. The van der Waals surface area contributed by atoms with Crippen LogP contribution >= 0.6 is 0 Å². The maximum absolute atomic E-state index is 12.4. The molecule has 0 atom stereocenters. The highest BCUT2D eigenvalue weighted by molar-refractivity contribution is 5.97. The molecule has 2 N–H and O–H groups in total. The van der Waals surface area contributed by atoms with Crippen LogP contribution in [0.2, 0.25) is 0 Å². The second-order valence-electron chi connectivity index (χ2n) is 3.18. The number of phenolic OH excluding ortho intramolecular Hbond substituents is 1. The summed E-state index contributed by atoms with van der Waals surface area (Å²) in [6.07, 6.45) is -4.67. The number of nitrogens with one attached hydrogen (secondary N) is 1. The van der Waals surface area contributed by atoms with Crippen LogP contribution in [0.5, 0.6) is 5.75 Å². The summed E-state index contributed by atoms with van der Waals surface area (Å²) in [6.45, 7) is -0.0535. The number of benzene rings is 1. The molecule has 0 radical (unpaired) electrons. The van der Waals surface area contributed by atoms with Crippen LogP contribution in [0.25, 0.3) is 0 Å². The Morgan fingerprint density at radius 3 is 2.56 bits per heavy atom. The maximum atomic E-state index is 12.4. The Morgan fingerprint density at radius 1 is 1.44 bits per heavy atom. The number of phenols is 1. The highest BCUT2D eigenvalue weighted by Crippen LogP contribution is 2.36. The summed E-state index contributed by atoms with van der Waals surface area (Å²) in [5, 5.41) is 11.6. The summed E-state index contributed by atoms with van der Waals surface area (Å²) in [7, 11) is 1.52. The Labute approximate surface area is 89.9 Å². The summed E-state index contributed by atoms with van der Waals surface area (Å²) < 4.78 is 37.2. The maximum Gasteiger partial charge on any atom is 0.419 e. The molecule has 0 bridgehead atoms. The van der Waals surface area contributed by atoms with Crippen molar-refractivity contribution in [2.24, 2.45) is 0 Å². The van der Waals surface area contributed by atoms with Crippen molar-refractivity contribution in [1.82, 2.24) is 5.32 Å². The van der Waals surface area contributed by atoms with Gasteiger partial charge in [-0.3, -0.25) is 4.79 Å². The predicted octanol–water partition coefficient (Wildman–Crippen LogP) is 1.81. The number of alkyl halides is 3. The van der Waals surface area contributed by atoms with Gasteiger partial charge in [0.15, 0.2) is 5.78 Å². The highest BCUT2D eigenvalue weighted by Gasteiger charge is 2.34. The molecule has 0 aliphatic carbocycles. The van der Waals surface area contributed by atoms with E-state index in [0.717, 1.165) is 12.1 Å². The van der Waals surface area contributed by atoms with Gasteiger partial charge in [0.25, 0.3) is 0 Å². The van der Waals surface area contributed by atoms with E-state index in [1.54, 1.807) is 0 Å². The predicted molar refractivity (Wildman–Crippen MR) is 51.4 cm³/mol. The van der Waals surface area contributed by atoms with Gasteiger partial charge in [-0.15, -0.1) is 0 Å². The molecule has 0 saturated carbocycles. The van der Waals surface area contributed by atoms with Gasteiger partial charge < -0.3 is 10.4 Å². The molecule has 0 heterocycles. The molecule has 0 spiro atoms.